The minimum Gasteiger partial charge on any atom is -0.393 e. The molecule has 0 saturated heterocycles. The first kappa shape index (κ1) is 14.9. The van der Waals surface area contributed by atoms with Crippen molar-refractivity contribution in [3.8, 4) is 0 Å². The summed E-state index contributed by atoms with van der Waals surface area (Å²) in [4.78, 5) is 0. The molecular weight excluding hydrogens is 256 g/mol. The normalized spacial score (nSPS) is 32.6. The maximum atomic E-state index is 9.90. The maximum absolute atomic E-state index is 9.90. The lowest BCUT2D eigenvalue weighted by Crippen LogP contribution is -2.41. The number of halogens is 1. The molecule has 0 heterocycles. The lowest BCUT2D eigenvalue weighted by Gasteiger charge is -2.45. The molecule has 4 unspecified atom stereocenters. The first-order chi connectivity index (χ1) is 9.22. The molecule has 2 heteroatoms. The standard InChI is InChI=1S/C15H19ClO.C2H6/c16-14-5-1-10(2-6-14)7-13-8-12-4-3-11(13)9-15(12)17;1-2/h1-2,5-6,11-13,15,17H,3-4,7-9H2;1-2H3. The van der Waals surface area contributed by atoms with E-state index in [4.69, 9.17) is 11.6 Å². The summed E-state index contributed by atoms with van der Waals surface area (Å²) in [5.41, 5.74) is 1.39. The third-order valence-corrected chi connectivity index (χ3v) is 4.93. The monoisotopic (exact) mass is 280 g/mol. The van der Waals surface area contributed by atoms with Gasteiger partial charge in [0, 0.05) is 5.02 Å². The van der Waals surface area contributed by atoms with Crippen LogP contribution in [0.5, 0.6) is 0 Å². The SMILES string of the molecule is CC.OC1CC2CCC1CC2Cc1ccc(Cl)cc1. The van der Waals surface area contributed by atoms with E-state index in [9.17, 15) is 5.11 Å². The Morgan fingerprint density at radius 3 is 2.21 bits per heavy atom. The summed E-state index contributed by atoms with van der Waals surface area (Å²) in [5.74, 6) is 2.08. The summed E-state index contributed by atoms with van der Waals surface area (Å²) in [6.07, 6.45) is 5.95. The highest BCUT2D eigenvalue weighted by Gasteiger charge is 2.40. The Kier molecular flexibility index (Phi) is 5.29. The van der Waals surface area contributed by atoms with Crippen molar-refractivity contribution >= 4 is 11.6 Å². The molecule has 106 valence electrons. The number of rotatable bonds is 2. The van der Waals surface area contributed by atoms with Gasteiger partial charge in [0.05, 0.1) is 6.10 Å². The Balaban J connectivity index is 0.000000637. The van der Waals surface area contributed by atoms with Crippen molar-refractivity contribution in [2.75, 3.05) is 0 Å². The van der Waals surface area contributed by atoms with Gasteiger partial charge >= 0.3 is 0 Å². The quantitative estimate of drug-likeness (QED) is 0.832. The lowest BCUT2D eigenvalue weighted by atomic mass is 9.62. The van der Waals surface area contributed by atoms with E-state index in [1.165, 1.54) is 24.8 Å². The van der Waals surface area contributed by atoms with Crippen LogP contribution in [0.3, 0.4) is 0 Å². The zero-order chi connectivity index (χ0) is 13.8. The van der Waals surface area contributed by atoms with Crippen molar-refractivity contribution in [1.29, 1.82) is 0 Å². The van der Waals surface area contributed by atoms with E-state index in [1.807, 2.05) is 26.0 Å². The molecule has 0 aliphatic heterocycles. The Bertz CT molecular complexity index is 387. The molecule has 3 aliphatic carbocycles. The average molecular weight is 281 g/mol. The van der Waals surface area contributed by atoms with E-state index in [0.29, 0.717) is 5.92 Å². The van der Waals surface area contributed by atoms with Crippen LogP contribution in [0, 0.1) is 17.8 Å². The first-order valence-electron chi connectivity index (χ1n) is 7.65. The van der Waals surface area contributed by atoms with Gasteiger partial charge in [-0.15, -0.1) is 0 Å². The molecule has 3 fully saturated rings. The maximum Gasteiger partial charge on any atom is 0.0571 e. The van der Waals surface area contributed by atoms with Gasteiger partial charge in [0.1, 0.15) is 0 Å². The molecule has 2 bridgehead atoms. The minimum absolute atomic E-state index is 0.0183. The van der Waals surface area contributed by atoms with Crippen molar-refractivity contribution in [2.45, 2.75) is 52.1 Å². The van der Waals surface area contributed by atoms with Gasteiger partial charge in [-0.05, 0) is 67.6 Å². The van der Waals surface area contributed by atoms with Gasteiger partial charge in [-0.25, -0.2) is 0 Å². The number of hydrogen-bond acceptors (Lipinski definition) is 1. The predicted octanol–water partition coefficient (Wildman–Crippen LogP) is 4.71. The minimum atomic E-state index is -0.0183. The van der Waals surface area contributed by atoms with Crippen molar-refractivity contribution in [3.05, 3.63) is 34.9 Å². The molecule has 1 aromatic carbocycles. The lowest BCUT2D eigenvalue weighted by molar-refractivity contribution is -0.0303. The predicted molar refractivity (Wildman–Crippen MR) is 81.4 cm³/mol. The summed E-state index contributed by atoms with van der Waals surface area (Å²) in [5, 5.41) is 10.7. The molecule has 1 aromatic rings. The first-order valence-corrected chi connectivity index (χ1v) is 8.02. The zero-order valence-electron chi connectivity index (χ0n) is 12.0. The van der Waals surface area contributed by atoms with Crippen LogP contribution in [0.1, 0.15) is 45.1 Å². The molecular formula is C17H25ClO. The molecule has 0 spiro atoms. The molecule has 0 aromatic heterocycles. The summed E-state index contributed by atoms with van der Waals surface area (Å²) in [6, 6.07) is 8.24. The van der Waals surface area contributed by atoms with E-state index in [0.717, 1.165) is 29.7 Å². The van der Waals surface area contributed by atoms with Crippen LogP contribution >= 0.6 is 11.6 Å². The average Bonchev–Trinajstić information content (AvgIpc) is 2.45. The van der Waals surface area contributed by atoms with Crippen LogP contribution in [0.4, 0.5) is 0 Å². The van der Waals surface area contributed by atoms with Crippen LogP contribution in [-0.4, -0.2) is 11.2 Å². The molecule has 4 atom stereocenters. The fourth-order valence-electron chi connectivity index (χ4n) is 3.70. The number of benzene rings is 1. The Morgan fingerprint density at radius 1 is 1.05 bits per heavy atom. The molecule has 4 rings (SSSR count). The third-order valence-electron chi connectivity index (χ3n) is 4.68. The van der Waals surface area contributed by atoms with Gasteiger partial charge in [0.25, 0.3) is 0 Å². The molecule has 1 nitrogen and oxygen atoms in total. The van der Waals surface area contributed by atoms with E-state index in [-0.39, 0.29) is 6.10 Å². The number of aliphatic hydroxyl groups excluding tert-OH is 1. The van der Waals surface area contributed by atoms with Crippen molar-refractivity contribution in [3.63, 3.8) is 0 Å². The molecule has 3 saturated carbocycles. The molecule has 0 amide bonds. The Morgan fingerprint density at radius 2 is 1.68 bits per heavy atom. The Labute approximate surface area is 122 Å². The van der Waals surface area contributed by atoms with Crippen molar-refractivity contribution in [2.24, 2.45) is 17.8 Å². The van der Waals surface area contributed by atoms with Gasteiger partial charge in [-0.2, -0.15) is 0 Å². The highest BCUT2D eigenvalue weighted by Crippen LogP contribution is 2.46. The number of hydrogen-bond donors (Lipinski definition) is 1. The van der Waals surface area contributed by atoms with E-state index in [2.05, 4.69) is 12.1 Å². The molecule has 1 N–H and O–H groups in total. The topological polar surface area (TPSA) is 20.2 Å². The summed E-state index contributed by atoms with van der Waals surface area (Å²) in [6.45, 7) is 4.00. The van der Waals surface area contributed by atoms with Crippen molar-refractivity contribution < 1.29 is 5.11 Å². The third kappa shape index (κ3) is 3.52. The summed E-state index contributed by atoms with van der Waals surface area (Å²) in [7, 11) is 0. The van der Waals surface area contributed by atoms with Gasteiger partial charge in [0.2, 0.25) is 0 Å². The fraction of sp³-hybridized carbons (Fsp3) is 0.647. The number of fused-ring (bicyclic) bond motifs is 3. The van der Waals surface area contributed by atoms with Crippen LogP contribution in [-0.2, 0) is 6.42 Å². The van der Waals surface area contributed by atoms with E-state index < -0.39 is 0 Å². The van der Waals surface area contributed by atoms with Crippen LogP contribution in [0.25, 0.3) is 0 Å². The van der Waals surface area contributed by atoms with E-state index in [1.54, 1.807) is 0 Å². The second-order valence-electron chi connectivity index (χ2n) is 5.73. The van der Waals surface area contributed by atoms with Crippen LogP contribution < -0.4 is 0 Å². The summed E-state index contributed by atoms with van der Waals surface area (Å²) >= 11 is 5.90. The largest absolute Gasteiger partial charge is 0.393 e. The summed E-state index contributed by atoms with van der Waals surface area (Å²) < 4.78 is 0. The fourth-order valence-corrected chi connectivity index (χ4v) is 3.82. The smallest absolute Gasteiger partial charge is 0.0571 e. The van der Waals surface area contributed by atoms with E-state index >= 15 is 0 Å². The van der Waals surface area contributed by atoms with Crippen LogP contribution in [0.15, 0.2) is 24.3 Å². The second-order valence-corrected chi connectivity index (χ2v) is 6.16. The van der Waals surface area contributed by atoms with Gasteiger partial charge in [-0.3, -0.25) is 0 Å². The van der Waals surface area contributed by atoms with Gasteiger partial charge in [-0.1, -0.05) is 37.6 Å². The van der Waals surface area contributed by atoms with Gasteiger partial charge in [0.15, 0.2) is 0 Å². The number of aliphatic hydroxyl groups is 1. The highest BCUT2D eigenvalue weighted by atomic mass is 35.5. The second kappa shape index (κ2) is 6.76. The van der Waals surface area contributed by atoms with Crippen molar-refractivity contribution in [1.82, 2.24) is 0 Å². The molecule has 3 aliphatic rings. The molecule has 19 heavy (non-hydrogen) atoms. The Hall–Kier alpha value is -0.530. The highest BCUT2D eigenvalue weighted by molar-refractivity contribution is 6.30. The zero-order valence-corrected chi connectivity index (χ0v) is 12.7. The molecule has 0 radical (unpaired) electrons. The van der Waals surface area contributed by atoms with Gasteiger partial charge < -0.3 is 5.11 Å². The van der Waals surface area contributed by atoms with Crippen LogP contribution in [0.2, 0.25) is 5.02 Å².